The van der Waals surface area contributed by atoms with Crippen LogP contribution in [0.1, 0.15) is 22.8 Å². The van der Waals surface area contributed by atoms with Crippen LogP contribution in [0.4, 0.5) is 0 Å². The second-order valence-electron chi connectivity index (χ2n) is 4.94. The van der Waals surface area contributed by atoms with Gasteiger partial charge in [0.25, 0.3) is 5.91 Å². The zero-order valence-electron chi connectivity index (χ0n) is 12.0. The Bertz CT molecular complexity index is 646. The number of benzene rings is 1. The number of sulfone groups is 1. The van der Waals surface area contributed by atoms with Crippen molar-refractivity contribution in [1.82, 2.24) is 4.90 Å². The molecule has 0 saturated carbocycles. The first-order valence-corrected chi connectivity index (χ1v) is 10.4. The Labute approximate surface area is 138 Å². The molecule has 1 aromatic carbocycles. The Kier molecular flexibility index (Phi) is 5.38. The minimum Gasteiger partial charge on any atom is -0.320 e. The largest absolute Gasteiger partial charge is 0.320 e. The molecular weight excluding hydrogens is 374 g/mol. The predicted molar refractivity (Wildman–Crippen MR) is 90.5 cm³/mol. The van der Waals surface area contributed by atoms with Gasteiger partial charge in [-0.2, -0.15) is 11.8 Å². The van der Waals surface area contributed by atoms with Crippen LogP contribution in [0.15, 0.2) is 22.7 Å². The van der Waals surface area contributed by atoms with Crippen LogP contribution in [0.3, 0.4) is 0 Å². The van der Waals surface area contributed by atoms with Crippen molar-refractivity contribution >= 4 is 43.4 Å². The van der Waals surface area contributed by atoms with Crippen molar-refractivity contribution in [2.75, 3.05) is 23.8 Å². The Balaban J connectivity index is 2.33. The number of thioether (sulfide) groups is 1. The molecule has 1 aromatic rings. The number of amides is 1. The summed E-state index contributed by atoms with van der Waals surface area (Å²) in [5.74, 6) is 1.09. The van der Waals surface area contributed by atoms with Gasteiger partial charge < -0.3 is 4.90 Å². The molecule has 1 fully saturated rings. The first-order chi connectivity index (χ1) is 9.86. The monoisotopic (exact) mass is 391 g/mol. The van der Waals surface area contributed by atoms with E-state index in [9.17, 15) is 13.2 Å². The topological polar surface area (TPSA) is 54.5 Å². The van der Waals surface area contributed by atoms with Gasteiger partial charge in [0.2, 0.25) is 0 Å². The zero-order chi connectivity index (χ0) is 15.6. The zero-order valence-corrected chi connectivity index (χ0v) is 15.2. The third-order valence-electron chi connectivity index (χ3n) is 3.57. The standard InChI is InChI=1S/C14H18BrNO3S2/c1-3-21(18,19)13-9-20-7-6-16(13)14(17)11-4-5-12(15)10(2)8-11/h4-5,8,13H,3,6-7,9H2,1-2H3. The number of hydrogen-bond acceptors (Lipinski definition) is 4. The highest BCUT2D eigenvalue weighted by Gasteiger charge is 2.36. The van der Waals surface area contributed by atoms with Crippen molar-refractivity contribution in [3.63, 3.8) is 0 Å². The summed E-state index contributed by atoms with van der Waals surface area (Å²) in [5, 5.41) is -0.710. The maximum Gasteiger partial charge on any atom is 0.254 e. The van der Waals surface area contributed by atoms with Crippen molar-refractivity contribution in [1.29, 1.82) is 0 Å². The van der Waals surface area contributed by atoms with Gasteiger partial charge in [0.05, 0.1) is 0 Å². The van der Waals surface area contributed by atoms with Crippen LogP contribution in [0.2, 0.25) is 0 Å². The van der Waals surface area contributed by atoms with Crippen molar-refractivity contribution in [3.05, 3.63) is 33.8 Å². The highest BCUT2D eigenvalue weighted by Crippen LogP contribution is 2.25. The van der Waals surface area contributed by atoms with Crippen LogP contribution in [0.25, 0.3) is 0 Å². The van der Waals surface area contributed by atoms with E-state index >= 15 is 0 Å². The van der Waals surface area contributed by atoms with Gasteiger partial charge in [0.15, 0.2) is 9.84 Å². The molecule has 1 aliphatic heterocycles. The van der Waals surface area contributed by atoms with E-state index in [1.807, 2.05) is 13.0 Å². The smallest absolute Gasteiger partial charge is 0.254 e. The van der Waals surface area contributed by atoms with Crippen LogP contribution >= 0.6 is 27.7 Å². The van der Waals surface area contributed by atoms with E-state index < -0.39 is 15.2 Å². The number of rotatable bonds is 3. The highest BCUT2D eigenvalue weighted by atomic mass is 79.9. The summed E-state index contributed by atoms with van der Waals surface area (Å²) < 4.78 is 25.3. The molecule has 0 N–H and O–H groups in total. The van der Waals surface area contributed by atoms with Gasteiger partial charge in [-0.25, -0.2) is 8.42 Å². The van der Waals surface area contributed by atoms with E-state index in [0.717, 1.165) is 15.8 Å². The maximum atomic E-state index is 12.7. The van der Waals surface area contributed by atoms with Gasteiger partial charge in [-0.05, 0) is 30.7 Å². The number of nitrogens with zero attached hydrogens (tertiary/aromatic N) is 1. The van der Waals surface area contributed by atoms with E-state index in [1.54, 1.807) is 30.8 Å². The van der Waals surface area contributed by atoms with Crippen molar-refractivity contribution in [2.24, 2.45) is 0 Å². The Morgan fingerprint density at radius 1 is 1.48 bits per heavy atom. The lowest BCUT2D eigenvalue weighted by molar-refractivity contribution is 0.0749. The fraction of sp³-hybridized carbons (Fsp3) is 0.500. The molecule has 21 heavy (non-hydrogen) atoms. The molecule has 1 atom stereocenters. The molecule has 0 spiro atoms. The Morgan fingerprint density at radius 2 is 2.19 bits per heavy atom. The minimum atomic E-state index is -3.27. The predicted octanol–water partition coefficient (Wildman–Crippen LogP) is 2.71. The van der Waals surface area contributed by atoms with Crippen molar-refractivity contribution in [3.8, 4) is 0 Å². The van der Waals surface area contributed by atoms with E-state index in [2.05, 4.69) is 15.9 Å². The summed E-state index contributed by atoms with van der Waals surface area (Å²) in [6.07, 6.45) is 0. The molecule has 116 valence electrons. The molecule has 1 unspecified atom stereocenters. The summed E-state index contributed by atoms with van der Waals surface area (Å²) in [7, 11) is -3.27. The number of carbonyl (C=O) groups is 1. The van der Waals surface area contributed by atoms with Crippen LogP contribution < -0.4 is 0 Å². The molecule has 1 amide bonds. The second kappa shape index (κ2) is 6.71. The van der Waals surface area contributed by atoms with Crippen molar-refractivity contribution < 1.29 is 13.2 Å². The maximum absolute atomic E-state index is 12.7. The number of aryl methyl sites for hydroxylation is 1. The SMILES string of the molecule is CCS(=O)(=O)C1CSCCN1C(=O)c1ccc(Br)c(C)c1. The van der Waals surface area contributed by atoms with E-state index in [0.29, 0.717) is 17.9 Å². The van der Waals surface area contributed by atoms with Gasteiger partial charge in [-0.3, -0.25) is 4.79 Å². The molecule has 1 saturated heterocycles. The molecule has 1 heterocycles. The van der Waals surface area contributed by atoms with Gasteiger partial charge in [0, 0.05) is 33.8 Å². The molecule has 0 aromatic heterocycles. The van der Waals surface area contributed by atoms with E-state index in [1.165, 1.54) is 4.90 Å². The summed E-state index contributed by atoms with van der Waals surface area (Å²) in [4.78, 5) is 14.2. The highest BCUT2D eigenvalue weighted by molar-refractivity contribution is 9.10. The third-order valence-corrected chi connectivity index (χ3v) is 7.75. The van der Waals surface area contributed by atoms with Gasteiger partial charge in [-0.1, -0.05) is 22.9 Å². The fourth-order valence-electron chi connectivity index (χ4n) is 2.25. The average molecular weight is 392 g/mol. The van der Waals surface area contributed by atoms with Gasteiger partial charge in [-0.15, -0.1) is 0 Å². The molecule has 7 heteroatoms. The van der Waals surface area contributed by atoms with Gasteiger partial charge in [0.1, 0.15) is 5.37 Å². The lowest BCUT2D eigenvalue weighted by atomic mass is 10.1. The number of carbonyl (C=O) groups excluding carboxylic acids is 1. The van der Waals surface area contributed by atoms with E-state index in [4.69, 9.17) is 0 Å². The molecule has 0 bridgehead atoms. The van der Waals surface area contributed by atoms with E-state index in [-0.39, 0.29) is 11.7 Å². The lowest BCUT2D eigenvalue weighted by Crippen LogP contribution is -2.50. The van der Waals surface area contributed by atoms with Crippen molar-refractivity contribution in [2.45, 2.75) is 19.2 Å². The quantitative estimate of drug-likeness (QED) is 0.794. The van der Waals surface area contributed by atoms with Crippen LogP contribution in [0.5, 0.6) is 0 Å². The fourth-order valence-corrected chi connectivity index (χ4v) is 5.46. The normalized spacial score (nSPS) is 19.6. The Hall–Kier alpha value is -0.530. The number of halogens is 1. The molecule has 2 rings (SSSR count). The van der Waals surface area contributed by atoms with Crippen LogP contribution in [0, 0.1) is 6.92 Å². The lowest BCUT2D eigenvalue weighted by Gasteiger charge is -2.34. The molecule has 0 aliphatic carbocycles. The first-order valence-electron chi connectivity index (χ1n) is 6.73. The summed E-state index contributed by atoms with van der Waals surface area (Å²) >= 11 is 4.99. The Morgan fingerprint density at radius 3 is 2.81 bits per heavy atom. The van der Waals surface area contributed by atoms with Crippen LogP contribution in [-0.4, -0.2) is 48.4 Å². The molecule has 0 radical (unpaired) electrons. The third kappa shape index (κ3) is 3.63. The molecule has 4 nitrogen and oxygen atoms in total. The first kappa shape index (κ1) is 16.8. The minimum absolute atomic E-state index is 0.0569. The van der Waals surface area contributed by atoms with Gasteiger partial charge >= 0.3 is 0 Å². The molecular formula is C14H18BrNO3S2. The average Bonchev–Trinajstić information content (AvgIpc) is 2.49. The van der Waals surface area contributed by atoms with Crippen LogP contribution in [-0.2, 0) is 9.84 Å². The molecule has 1 aliphatic rings. The second-order valence-corrected chi connectivity index (χ2v) is 9.40. The summed E-state index contributed by atoms with van der Waals surface area (Å²) in [6, 6.07) is 5.35. The summed E-state index contributed by atoms with van der Waals surface area (Å²) in [5.41, 5.74) is 1.50. The number of hydrogen-bond donors (Lipinski definition) is 0. The summed E-state index contributed by atoms with van der Waals surface area (Å²) in [6.45, 7) is 4.01.